The maximum Gasteiger partial charge on any atom is 0.264 e. The molecule has 2 rings (SSSR count). The van der Waals surface area contributed by atoms with Gasteiger partial charge in [-0.05, 0) is 43.5 Å². The van der Waals surface area contributed by atoms with Crippen molar-refractivity contribution < 1.29 is 17.3 Å². The van der Waals surface area contributed by atoms with Crippen molar-refractivity contribution in [1.29, 1.82) is 0 Å². The van der Waals surface area contributed by atoms with Gasteiger partial charge in [-0.25, -0.2) is 0 Å². The van der Waals surface area contributed by atoms with Gasteiger partial charge in [0.2, 0.25) is 0 Å². The summed E-state index contributed by atoms with van der Waals surface area (Å²) in [7, 11) is -3.44. The fourth-order valence-corrected chi connectivity index (χ4v) is 3.15. The number of benzene rings is 1. The van der Waals surface area contributed by atoms with Gasteiger partial charge in [-0.2, -0.15) is 8.42 Å². The number of ether oxygens (including phenoxy) is 1. The zero-order valence-corrected chi connectivity index (χ0v) is 13.1. The second kappa shape index (κ2) is 6.24. The zero-order chi connectivity index (χ0) is 13.9. The summed E-state index contributed by atoms with van der Waals surface area (Å²) in [4.78, 5) is 0. The monoisotopic (exact) mass is 348 g/mol. The minimum absolute atomic E-state index is 0.204. The lowest BCUT2D eigenvalue weighted by Gasteiger charge is -2.30. The molecule has 1 aromatic rings. The molecule has 2 atom stereocenters. The highest BCUT2D eigenvalue weighted by molar-refractivity contribution is 9.10. The van der Waals surface area contributed by atoms with E-state index in [1.807, 2.05) is 24.3 Å². The summed E-state index contributed by atoms with van der Waals surface area (Å²) in [5.74, 6) is 0.734. The van der Waals surface area contributed by atoms with E-state index in [4.69, 9.17) is 8.92 Å². The topological polar surface area (TPSA) is 52.6 Å². The van der Waals surface area contributed by atoms with Crippen molar-refractivity contribution in [3.05, 3.63) is 28.7 Å². The molecule has 0 spiro atoms. The first-order chi connectivity index (χ1) is 8.94. The summed E-state index contributed by atoms with van der Waals surface area (Å²) in [6, 6.07) is 7.50. The van der Waals surface area contributed by atoms with Gasteiger partial charge < -0.3 is 4.74 Å². The van der Waals surface area contributed by atoms with Crippen LogP contribution < -0.4 is 4.74 Å². The van der Waals surface area contributed by atoms with E-state index in [1.54, 1.807) is 0 Å². The highest BCUT2D eigenvalue weighted by atomic mass is 79.9. The van der Waals surface area contributed by atoms with E-state index in [0.29, 0.717) is 6.42 Å². The molecule has 0 bridgehead atoms. The van der Waals surface area contributed by atoms with Crippen molar-refractivity contribution in [3.8, 4) is 5.75 Å². The Kier molecular flexibility index (Phi) is 4.86. The molecule has 1 saturated carbocycles. The lowest BCUT2D eigenvalue weighted by molar-refractivity contribution is 0.0277. The first-order valence-corrected chi connectivity index (χ1v) is 8.85. The van der Waals surface area contributed by atoms with Crippen LogP contribution in [0.15, 0.2) is 28.7 Å². The second-order valence-corrected chi connectivity index (χ2v) is 7.25. The lowest BCUT2D eigenvalue weighted by Crippen LogP contribution is -2.38. The smallest absolute Gasteiger partial charge is 0.264 e. The van der Waals surface area contributed by atoms with Crippen LogP contribution in [-0.4, -0.2) is 26.9 Å². The van der Waals surface area contributed by atoms with Gasteiger partial charge in [-0.3, -0.25) is 4.18 Å². The largest absolute Gasteiger partial charge is 0.488 e. The van der Waals surface area contributed by atoms with E-state index in [9.17, 15) is 8.42 Å². The zero-order valence-electron chi connectivity index (χ0n) is 10.7. The molecular formula is C13H17BrO4S. The molecule has 1 aliphatic carbocycles. The van der Waals surface area contributed by atoms with Crippen LogP contribution in [0.4, 0.5) is 0 Å². The second-order valence-electron chi connectivity index (χ2n) is 4.73. The minimum atomic E-state index is -3.44. The Morgan fingerprint density at radius 2 is 1.68 bits per heavy atom. The molecule has 4 nitrogen and oxygen atoms in total. The summed E-state index contributed by atoms with van der Waals surface area (Å²) in [5, 5.41) is 0. The van der Waals surface area contributed by atoms with Crippen LogP contribution in [0.5, 0.6) is 5.75 Å². The van der Waals surface area contributed by atoms with Crippen molar-refractivity contribution in [2.45, 2.75) is 37.9 Å². The van der Waals surface area contributed by atoms with Gasteiger partial charge in [0.1, 0.15) is 18.0 Å². The third-order valence-electron chi connectivity index (χ3n) is 3.04. The maximum absolute atomic E-state index is 11.3. The van der Waals surface area contributed by atoms with E-state index in [0.717, 1.165) is 35.7 Å². The molecule has 0 unspecified atom stereocenters. The molecule has 0 N–H and O–H groups in total. The molecule has 106 valence electrons. The molecule has 0 aromatic heterocycles. The molecule has 6 heteroatoms. The Hall–Kier alpha value is -0.590. The van der Waals surface area contributed by atoms with E-state index >= 15 is 0 Å². The van der Waals surface area contributed by atoms with Crippen LogP contribution in [-0.2, 0) is 14.3 Å². The number of rotatable bonds is 4. The fourth-order valence-electron chi connectivity index (χ4n) is 2.22. The Balaban J connectivity index is 2.05. The SMILES string of the molecule is CS(=O)(=O)O[C@@H]1CCCC[C@H]1Oc1ccc(Br)cc1. The van der Waals surface area contributed by atoms with Crippen LogP contribution in [0.2, 0.25) is 0 Å². The van der Waals surface area contributed by atoms with Crippen LogP contribution in [0.25, 0.3) is 0 Å². The molecule has 0 amide bonds. The van der Waals surface area contributed by atoms with Gasteiger partial charge in [0, 0.05) is 4.47 Å². The van der Waals surface area contributed by atoms with Crippen LogP contribution in [0.3, 0.4) is 0 Å². The Morgan fingerprint density at radius 3 is 2.26 bits per heavy atom. The van der Waals surface area contributed by atoms with Crippen molar-refractivity contribution in [1.82, 2.24) is 0 Å². The van der Waals surface area contributed by atoms with Crippen LogP contribution >= 0.6 is 15.9 Å². The molecule has 0 heterocycles. The van der Waals surface area contributed by atoms with Gasteiger partial charge in [-0.15, -0.1) is 0 Å². The summed E-state index contributed by atoms with van der Waals surface area (Å²) in [6.45, 7) is 0. The van der Waals surface area contributed by atoms with Crippen molar-refractivity contribution in [2.24, 2.45) is 0 Å². The third-order valence-corrected chi connectivity index (χ3v) is 4.17. The van der Waals surface area contributed by atoms with Gasteiger partial charge in [0.05, 0.1) is 6.26 Å². The summed E-state index contributed by atoms with van der Waals surface area (Å²) in [5.41, 5.74) is 0. The molecule has 1 aromatic carbocycles. The van der Waals surface area contributed by atoms with Gasteiger partial charge in [-0.1, -0.05) is 22.4 Å². The lowest BCUT2D eigenvalue weighted by atomic mass is 9.95. The van der Waals surface area contributed by atoms with Crippen molar-refractivity contribution >= 4 is 26.0 Å². The maximum atomic E-state index is 11.3. The average molecular weight is 349 g/mol. The molecule has 0 aliphatic heterocycles. The van der Waals surface area contributed by atoms with E-state index < -0.39 is 10.1 Å². The normalized spacial score (nSPS) is 24.1. The number of hydrogen-bond donors (Lipinski definition) is 0. The van der Waals surface area contributed by atoms with E-state index in [-0.39, 0.29) is 12.2 Å². The molecule has 19 heavy (non-hydrogen) atoms. The quantitative estimate of drug-likeness (QED) is 0.784. The highest BCUT2D eigenvalue weighted by Gasteiger charge is 2.30. The summed E-state index contributed by atoms with van der Waals surface area (Å²) >= 11 is 3.36. The first-order valence-electron chi connectivity index (χ1n) is 6.24. The van der Waals surface area contributed by atoms with Crippen LogP contribution in [0, 0.1) is 0 Å². The molecule has 0 saturated heterocycles. The molecule has 0 radical (unpaired) electrons. The molecular weight excluding hydrogens is 332 g/mol. The average Bonchev–Trinajstić information content (AvgIpc) is 2.33. The third kappa shape index (κ3) is 4.78. The van der Waals surface area contributed by atoms with Gasteiger partial charge in [0.25, 0.3) is 10.1 Å². The van der Waals surface area contributed by atoms with E-state index in [2.05, 4.69) is 15.9 Å². The Morgan fingerprint density at radius 1 is 1.11 bits per heavy atom. The predicted molar refractivity (Wildman–Crippen MR) is 76.7 cm³/mol. The van der Waals surface area contributed by atoms with Crippen molar-refractivity contribution in [3.63, 3.8) is 0 Å². The standard InChI is InChI=1S/C13H17BrO4S/c1-19(15,16)18-13-5-3-2-4-12(13)17-11-8-6-10(14)7-9-11/h6-9,12-13H,2-5H2,1H3/t12-,13-/m1/s1. The summed E-state index contributed by atoms with van der Waals surface area (Å²) in [6.07, 6.45) is 4.03. The Labute approximate surface area is 122 Å². The number of hydrogen-bond acceptors (Lipinski definition) is 4. The van der Waals surface area contributed by atoms with Crippen molar-refractivity contribution in [2.75, 3.05) is 6.26 Å². The fraction of sp³-hybridized carbons (Fsp3) is 0.538. The molecule has 1 fully saturated rings. The number of halogens is 1. The first kappa shape index (κ1) is 14.8. The highest BCUT2D eigenvalue weighted by Crippen LogP contribution is 2.27. The predicted octanol–water partition coefficient (Wildman–Crippen LogP) is 3.12. The van der Waals surface area contributed by atoms with Gasteiger partial charge in [0.15, 0.2) is 0 Å². The van der Waals surface area contributed by atoms with Crippen LogP contribution in [0.1, 0.15) is 25.7 Å². The molecule has 1 aliphatic rings. The van der Waals surface area contributed by atoms with E-state index in [1.165, 1.54) is 0 Å². The Bertz CT molecular complexity index is 512. The minimum Gasteiger partial charge on any atom is -0.488 e. The summed E-state index contributed by atoms with van der Waals surface area (Å²) < 4.78 is 34.5. The van der Waals surface area contributed by atoms with Gasteiger partial charge >= 0.3 is 0 Å².